The van der Waals surface area contributed by atoms with Gasteiger partial charge in [-0.1, -0.05) is 26.8 Å². The van der Waals surface area contributed by atoms with E-state index in [2.05, 4.69) is 22.2 Å². The summed E-state index contributed by atoms with van der Waals surface area (Å²) in [7, 11) is 2.12. The van der Waals surface area contributed by atoms with E-state index in [4.69, 9.17) is 0 Å². The molecule has 0 aliphatic carbocycles. The molecule has 1 heterocycles. The number of nitro benzene ring substituents is 1. The summed E-state index contributed by atoms with van der Waals surface area (Å²) in [5.41, 5.74) is 2.26. The maximum Gasteiger partial charge on any atom is 0.273 e. The standard InChI is InChI=1S/C22H28N4O3/c1-22(2,3)19-10-5-16(15-20(19)26(28)29)21(27)23-17-6-8-18(9-7-17)25-13-11-24(4)12-14-25/h5-10,15H,11-14H2,1-4H3,(H,23,27). The molecule has 3 rings (SSSR count). The van der Waals surface area contributed by atoms with E-state index in [1.54, 1.807) is 12.1 Å². The molecular formula is C22H28N4O3. The molecule has 1 saturated heterocycles. The van der Waals surface area contributed by atoms with E-state index in [0.29, 0.717) is 11.3 Å². The summed E-state index contributed by atoms with van der Waals surface area (Å²) in [5.74, 6) is -0.360. The lowest BCUT2D eigenvalue weighted by Crippen LogP contribution is -2.44. The summed E-state index contributed by atoms with van der Waals surface area (Å²) in [6.07, 6.45) is 0. The van der Waals surface area contributed by atoms with Crippen LogP contribution >= 0.6 is 0 Å². The van der Waals surface area contributed by atoms with Crippen molar-refractivity contribution in [1.82, 2.24) is 4.90 Å². The first-order valence-corrected chi connectivity index (χ1v) is 9.79. The topological polar surface area (TPSA) is 78.7 Å². The molecule has 1 aliphatic heterocycles. The number of piperazine rings is 1. The van der Waals surface area contributed by atoms with Gasteiger partial charge in [0.05, 0.1) is 4.92 Å². The number of rotatable bonds is 4. The molecule has 1 N–H and O–H groups in total. The minimum absolute atomic E-state index is 0.0319. The van der Waals surface area contributed by atoms with E-state index in [1.807, 2.05) is 45.0 Å². The van der Waals surface area contributed by atoms with Crippen molar-refractivity contribution in [3.8, 4) is 0 Å². The van der Waals surface area contributed by atoms with Crippen molar-refractivity contribution < 1.29 is 9.72 Å². The quantitative estimate of drug-likeness (QED) is 0.626. The fourth-order valence-electron chi connectivity index (χ4n) is 3.48. The summed E-state index contributed by atoms with van der Waals surface area (Å²) in [5, 5.41) is 14.3. The number of anilines is 2. The second kappa shape index (κ2) is 8.21. The first kappa shape index (κ1) is 20.8. The highest BCUT2D eigenvalue weighted by Crippen LogP contribution is 2.32. The van der Waals surface area contributed by atoms with Crippen LogP contribution in [0.25, 0.3) is 0 Å². The molecule has 1 aliphatic rings. The second-order valence-electron chi connectivity index (χ2n) is 8.53. The highest BCUT2D eigenvalue weighted by Gasteiger charge is 2.26. The van der Waals surface area contributed by atoms with Gasteiger partial charge in [0.1, 0.15) is 0 Å². The third-order valence-corrected chi connectivity index (χ3v) is 5.26. The average Bonchev–Trinajstić information content (AvgIpc) is 2.68. The first-order chi connectivity index (χ1) is 13.6. The Morgan fingerprint density at radius 2 is 1.66 bits per heavy atom. The van der Waals surface area contributed by atoms with Crippen molar-refractivity contribution >= 4 is 23.0 Å². The lowest BCUT2D eigenvalue weighted by Gasteiger charge is -2.34. The van der Waals surface area contributed by atoms with Gasteiger partial charge in [-0.05, 0) is 42.8 Å². The van der Waals surface area contributed by atoms with Crippen LogP contribution in [-0.4, -0.2) is 49.0 Å². The zero-order chi connectivity index (χ0) is 21.2. The smallest absolute Gasteiger partial charge is 0.273 e. The van der Waals surface area contributed by atoms with Crippen LogP contribution in [0.2, 0.25) is 0 Å². The molecule has 0 spiro atoms. The molecule has 0 unspecified atom stereocenters. The Labute approximate surface area is 171 Å². The van der Waals surface area contributed by atoms with Crippen molar-refractivity contribution in [3.63, 3.8) is 0 Å². The number of hydrogen-bond donors (Lipinski definition) is 1. The van der Waals surface area contributed by atoms with Crippen molar-refractivity contribution in [1.29, 1.82) is 0 Å². The van der Waals surface area contributed by atoms with Crippen LogP contribution in [0.15, 0.2) is 42.5 Å². The van der Waals surface area contributed by atoms with Crippen molar-refractivity contribution in [2.24, 2.45) is 0 Å². The van der Waals surface area contributed by atoms with Crippen LogP contribution in [0.4, 0.5) is 17.1 Å². The molecule has 154 valence electrons. The molecule has 0 aromatic heterocycles. The Morgan fingerprint density at radius 3 is 2.21 bits per heavy atom. The number of likely N-dealkylation sites (N-methyl/N-ethyl adjacent to an activating group) is 1. The van der Waals surface area contributed by atoms with Gasteiger partial charge in [0, 0.05) is 54.7 Å². The predicted molar refractivity (Wildman–Crippen MR) is 116 cm³/mol. The lowest BCUT2D eigenvalue weighted by molar-refractivity contribution is -0.386. The van der Waals surface area contributed by atoms with Crippen LogP contribution < -0.4 is 10.2 Å². The molecular weight excluding hydrogens is 368 g/mol. The molecule has 29 heavy (non-hydrogen) atoms. The Hall–Kier alpha value is -2.93. The van der Waals surface area contributed by atoms with Crippen molar-refractivity contribution in [3.05, 3.63) is 63.7 Å². The second-order valence-corrected chi connectivity index (χ2v) is 8.53. The number of nitro groups is 1. The van der Waals surface area contributed by atoms with Gasteiger partial charge in [-0.3, -0.25) is 14.9 Å². The molecule has 0 bridgehead atoms. The van der Waals surface area contributed by atoms with Gasteiger partial charge in [0.2, 0.25) is 0 Å². The SMILES string of the molecule is CN1CCN(c2ccc(NC(=O)c3ccc(C(C)(C)C)c([N+](=O)[O-])c3)cc2)CC1. The Balaban J connectivity index is 1.73. The number of nitrogens with one attached hydrogen (secondary N) is 1. The van der Waals surface area contributed by atoms with Gasteiger partial charge in [0.15, 0.2) is 0 Å². The van der Waals surface area contributed by atoms with Gasteiger partial charge >= 0.3 is 0 Å². The third-order valence-electron chi connectivity index (χ3n) is 5.26. The average molecular weight is 396 g/mol. The fraction of sp³-hybridized carbons (Fsp3) is 0.409. The maximum atomic E-state index is 12.6. The molecule has 7 nitrogen and oxygen atoms in total. The van der Waals surface area contributed by atoms with Crippen LogP contribution in [0.3, 0.4) is 0 Å². The third kappa shape index (κ3) is 4.92. The molecule has 0 atom stereocenters. The zero-order valence-electron chi connectivity index (χ0n) is 17.4. The van der Waals surface area contributed by atoms with Gasteiger partial charge in [0.25, 0.3) is 11.6 Å². The van der Waals surface area contributed by atoms with Gasteiger partial charge in [-0.25, -0.2) is 0 Å². The number of benzene rings is 2. The normalized spacial score (nSPS) is 15.2. The monoisotopic (exact) mass is 396 g/mol. The lowest BCUT2D eigenvalue weighted by atomic mass is 9.85. The summed E-state index contributed by atoms with van der Waals surface area (Å²) in [4.78, 5) is 28.3. The van der Waals surface area contributed by atoms with E-state index in [-0.39, 0.29) is 22.6 Å². The van der Waals surface area contributed by atoms with Gasteiger partial charge in [-0.15, -0.1) is 0 Å². The number of amides is 1. The predicted octanol–water partition coefficient (Wildman–Crippen LogP) is 3.90. The Kier molecular flexibility index (Phi) is 5.88. The molecule has 1 fully saturated rings. The van der Waals surface area contributed by atoms with Crippen molar-refractivity contribution in [2.75, 3.05) is 43.4 Å². The highest BCUT2D eigenvalue weighted by molar-refractivity contribution is 6.04. The fourth-order valence-corrected chi connectivity index (χ4v) is 3.48. The van der Waals surface area contributed by atoms with E-state index in [0.717, 1.165) is 31.9 Å². The van der Waals surface area contributed by atoms with Crippen LogP contribution in [0.5, 0.6) is 0 Å². The number of carbonyl (C=O) groups is 1. The van der Waals surface area contributed by atoms with E-state index < -0.39 is 4.92 Å². The zero-order valence-corrected chi connectivity index (χ0v) is 17.4. The number of hydrogen-bond acceptors (Lipinski definition) is 5. The van der Waals surface area contributed by atoms with Gasteiger partial charge < -0.3 is 15.1 Å². The molecule has 2 aromatic rings. The largest absolute Gasteiger partial charge is 0.369 e. The minimum atomic E-state index is -0.428. The number of carbonyl (C=O) groups excluding carboxylic acids is 1. The van der Waals surface area contributed by atoms with Crippen LogP contribution in [0.1, 0.15) is 36.7 Å². The minimum Gasteiger partial charge on any atom is -0.369 e. The van der Waals surface area contributed by atoms with E-state index >= 15 is 0 Å². The molecule has 1 amide bonds. The maximum absolute atomic E-state index is 12.6. The van der Waals surface area contributed by atoms with E-state index in [9.17, 15) is 14.9 Å². The Morgan fingerprint density at radius 1 is 1.03 bits per heavy atom. The van der Waals surface area contributed by atoms with E-state index in [1.165, 1.54) is 6.07 Å². The molecule has 7 heteroatoms. The molecule has 2 aromatic carbocycles. The number of nitrogens with zero attached hydrogens (tertiary/aromatic N) is 3. The highest BCUT2D eigenvalue weighted by atomic mass is 16.6. The summed E-state index contributed by atoms with van der Waals surface area (Å²) in [6.45, 7) is 9.76. The van der Waals surface area contributed by atoms with Gasteiger partial charge in [-0.2, -0.15) is 0 Å². The van der Waals surface area contributed by atoms with Crippen molar-refractivity contribution in [2.45, 2.75) is 26.2 Å². The Bertz CT molecular complexity index is 895. The van der Waals surface area contributed by atoms with Crippen LogP contribution in [-0.2, 0) is 5.41 Å². The van der Waals surface area contributed by atoms with Crippen LogP contribution in [0, 0.1) is 10.1 Å². The summed E-state index contributed by atoms with van der Waals surface area (Å²) >= 11 is 0. The molecule has 0 radical (unpaired) electrons. The summed E-state index contributed by atoms with van der Waals surface area (Å²) < 4.78 is 0. The summed E-state index contributed by atoms with van der Waals surface area (Å²) in [6, 6.07) is 12.4. The molecule has 0 saturated carbocycles. The first-order valence-electron chi connectivity index (χ1n) is 9.79.